The number of hydrogen-bond acceptors (Lipinski definition) is 8. The zero-order chi connectivity index (χ0) is 35.1. The van der Waals surface area contributed by atoms with Gasteiger partial charge in [0.15, 0.2) is 23.0 Å². The van der Waals surface area contributed by atoms with Gasteiger partial charge < -0.3 is 9.30 Å². The van der Waals surface area contributed by atoms with Crippen LogP contribution in [-0.2, 0) is 25.7 Å². The summed E-state index contributed by atoms with van der Waals surface area (Å²) in [6, 6.07) is 6.13. The van der Waals surface area contributed by atoms with Gasteiger partial charge >= 0.3 is 5.97 Å². The first-order valence-electron chi connectivity index (χ1n) is 17.4. The summed E-state index contributed by atoms with van der Waals surface area (Å²) in [6.45, 7) is 15.6. The molecule has 3 saturated carbocycles. The fourth-order valence-electron chi connectivity index (χ4n) is 11.3. The van der Waals surface area contributed by atoms with Gasteiger partial charge in [0.25, 0.3) is 0 Å². The molecule has 0 aliphatic heterocycles. The van der Waals surface area contributed by atoms with Crippen molar-refractivity contribution in [3.05, 3.63) is 41.0 Å². The first-order chi connectivity index (χ1) is 22.5. The second kappa shape index (κ2) is 11.0. The third-order valence-electron chi connectivity index (χ3n) is 14.1. The zero-order valence-electron chi connectivity index (χ0n) is 29.4. The van der Waals surface area contributed by atoms with Crippen molar-refractivity contribution < 1.29 is 19.1 Å². The first kappa shape index (κ1) is 33.9. The molecular formula is C39H47N5O4. The number of esters is 1. The van der Waals surface area contributed by atoms with Crippen molar-refractivity contribution in [1.29, 1.82) is 15.8 Å². The molecule has 1 heterocycles. The Morgan fingerprint density at radius 3 is 2.35 bits per heavy atom. The van der Waals surface area contributed by atoms with E-state index in [4.69, 9.17) is 4.74 Å². The van der Waals surface area contributed by atoms with Crippen LogP contribution in [0.2, 0.25) is 0 Å². The largest absolute Gasteiger partial charge is 0.465 e. The van der Waals surface area contributed by atoms with Gasteiger partial charge in [-0.25, -0.2) is 4.98 Å². The van der Waals surface area contributed by atoms with Crippen LogP contribution in [0.25, 0.3) is 0 Å². The van der Waals surface area contributed by atoms with E-state index in [0.717, 1.165) is 31.3 Å². The smallest absolute Gasteiger partial charge is 0.312 e. The highest BCUT2D eigenvalue weighted by molar-refractivity contribution is 6.04. The van der Waals surface area contributed by atoms with Crippen LogP contribution in [0.3, 0.4) is 0 Å². The van der Waals surface area contributed by atoms with E-state index in [0.29, 0.717) is 32.2 Å². The van der Waals surface area contributed by atoms with Crippen LogP contribution in [0.5, 0.6) is 0 Å². The summed E-state index contributed by atoms with van der Waals surface area (Å²) in [6.07, 6.45) is 11.0. The highest BCUT2D eigenvalue weighted by Crippen LogP contribution is 2.74. The molecule has 1 aromatic heterocycles. The second-order valence-corrected chi connectivity index (χ2v) is 17.3. The van der Waals surface area contributed by atoms with E-state index in [-0.39, 0.29) is 69.7 Å². The molecule has 7 atom stereocenters. The number of hydrogen-bond donors (Lipinski definition) is 0. The van der Waals surface area contributed by atoms with Crippen molar-refractivity contribution in [2.75, 3.05) is 6.61 Å². The van der Waals surface area contributed by atoms with E-state index >= 15 is 0 Å². The van der Waals surface area contributed by atoms with Gasteiger partial charge in [0.1, 0.15) is 18.2 Å². The molecule has 6 rings (SSSR count). The standard InChI is InChI=1S/C39H47N5O4/c1-34(2)11-13-39(33(47)48-16-8-15-44-23-43-26(21-41)27(44)22-42)14-12-38(7)31(25(39)19-34)28(45)17-30-36(5)18-24(20-40)32(46)35(3,4)29(36)9-10-37(30,38)6/h17-18,23,25,29,31H,8-16,19H2,1-7H3/t25-,29-,31-,36-,37+,38+,39-/m0/s1. The number of fused-ring (bicyclic) bond motifs is 7. The average Bonchev–Trinajstić information content (AvgIpc) is 3.43. The molecule has 0 saturated heterocycles. The van der Waals surface area contributed by atoms with Crippen molar-refractivity contribution in [2.24, 2.45) is 50.2 Å². The number of imidazole rings is 1. The van der Waals surface area contributed by atoms with Crippen LogP contribution in [0, 0.1) is 84.2 Å². The van der Waals surface area contributed by atoms with Crippen molar-refractivity contribution in [3.8, 4) is 18.2 Å². The van der Waals surface area contributed by atoms with Gasteiger partial charge in [-0.05, 0) is 85.5 Å². The molecule has 5 aliphatic carbocycles. The van der Waals surface area contributed by atoms with Crippen LogP contribution in [0.4, 0.5) is 0 Å². The Balaban J connectivity index is 1.33. The van der Waals surface area contributed by atoms with Crippen molar-refractivity contribution in [2.45, 2.75) is 106 Å². The number of nitriles is 3. The molecule has 1 aromatic rings. The molecule has 3 fully saturated rings. The first-order valence-corrected chi connectivity index (χ1v) is 17.4. The van der Waals surface area contributed by atoms with Gasteiger partial charge in [-0.1, -0.05) is 60.1 Å². The number of ketones is 2. The predicted octanol–water partition coefficient (Wildman–Crippen LogP) is 6.78. The minimum absolute atomic E-state index is 0.0220. The Morgan fingerprint density at radius 2 is 1.69 bits per heavy atom. The van der Waals surface area contributed by atoms with Gasteiger partial charge in [-0.15, -0.1) is 0 Å². The van der Waals surface area contributed by atoms with E-state index in [1.54, 1.807) is 4.57 Å². The Bertz CT molecular complexity index is 1790. The lowest BCUT2D eigenvalue weighted by Crippen LogP contribution is -2.66. The molecule has 252 valence electrons. The molecule has 0 N–H and O–H groups in total. The quantitative estimate of drug-likeness (QED) is 0.250. The third-order valence-corrected chi connectivity index (χ3v) is 14.1. The van der Waals surface area contributed by atoms with E-state index in [2.05, 4.69) is 45.7 Å². The van der Waals surface area contributed by atoms with Crippen LogP contribution in [0.1, 0.15) is 111 Å². The number of nitrogens with zero attached hydrogens (tertiary/aromatic N) is 5. The van der Waals surface area contributed by atoms with E-state index < -0.39 is 21.7 Å². The summed E-state index contributed by atoms with van der Waals surface area (Å²) in [4.78, 5) is 46.3. The fraction of sp³-hybridized carbons (Fsp3) is 0.667. The topological polar surface area (TPSA) is 150 Å². The number of aromatic nitrogens is 2. The number of carbonyl (C=O) groups excluding carboxylic acids is 3. The number of allylic oxidation sites excluding steroid dienone is 4. The Hall–Kier alpha value is -4.03. The average molecular weight is 650 g/mol. The molecule has 0 bridgehead atoms. The minimum atomic E-state index is -0.758. The minimum Gasteiger partial charge on any atom is -0.465 e. The molecule has 0 spiro atoms. The van der Waals surface area contributed by atoms with Crippen LogP contribution < -0.4 is 0 Å². The van der Waals surface area contributed by atoms with Crippen LogP contribution >= 0.6 is 0 Å². The van der Waals surface area contributed by atoms with Gasteiger partial charge in [0.05, 0.1) is 23.9 Å². The van der Waals surface area contributed by atoms with Crippen molar-refractivity contribution in [1.82, 2.24) is 9.55 Å². The predicted molar refractivity (Wildman–Crippen MR) is 176 cm³/mol. The number of rotatable bonds is 5. The van der Waals surface area contributed by atoms with Crippen molar-refractivity contribution in [3.63, 3.8) is 0 Å². The summed E-state index contributed by atoms with van der Waals surface area (Å²) < 4.78 is 7.66. The Morgan fingerprint density at radius 1 is 0.979 bits per heavy atom. The molecule has 0 aromatic carbocycles. The summed E-state index contributed by atoms with van der Waals surface area (Å²) in [7, 11) is 0. The number of ether oxygens (including phenoxy) is 1. The van der Waals surface area contributed by atoms with Gasteiger partial charge in [0, 0.05) is 23.3 Å². The fourth-order valence-corrected chi connectivity index (χ4v) is 11.3. The lowest BCUT2D eigenvalue weighted by Gasteiger charge is -2.68. The molecule has 48 heavy (non-hydrogen) atoms. The zero-order valence-corrected chi connectivity index (χ0v) is 29.4. The molecule has 5 aliphatic rings. The highest BCUT2D eigenvalue weighted by atomic mass is 16.5. The summed E-state index contributed by atoms with van der Waals surface area (Å²) in [5, 5.41) is 28.6. The van der Waals surface area contributed by atoms with E-state index in [1.807, 2.05) is 38.1 Å². The highest BCUT2D eigenvalue weighted by Gasteiger charge is 2.71. The molecular weight excluding hydrogens is 602 g/mol. The molecule has 9 nitrogen and oxygen atoms in total. The van der Waals surface area contributed by atoms with E-state index in [9.17, 15) is 30.2 Å². The SMILES string of the molecule is CC1(C)CC[C@]2(C(=O)OCCCn3cnc(C#N)c3C#N)CC[C@]3(C)[C@H](C(=O)C=C4[C@@]5(C)C=C(C#N)C(=O)C(C)(C)[C@@H]5CC[C@]43C)[C@@H]2C1. The van der Waals surface area contributed by atoms with Gasteiger partial charge in [-0.3, -0.25) is 14.4 Å². The Kier molecular flexibility index (Phi) is 7.76. The number of carbonyl (C=O) groups is 3. The van der Waals surface area contributed by atoms with Gasteiger partial charge in [-0.2, -0.15) is 15.8 Å². The lowest BCUT2D eigenvalue weighted by atomic mass is 9.34. The summed E-state index contributed by atoms with van der Waals surface area (Å²) in [5.41, 5.74) is -1.37. The third kappa shape index (κ3) is 4.51. The lowest BCUT2D eigenvalue weighted by molar-refractivity contribution is -0.193. The van der Waals surface area contributed by atoms with Crippen molar-refractivity contribution >= 4 is 17.5 Å². The molecule has 0 radical (unpaired) electrons. The van der Waals surface area contributed by atoms with Gasteiger partial charge in [0.2, 0.25) is 0 Å². The monoisotopic (exact) mass is 649 g/mol. The maximum atomic E-state index is 14.7. The normalized spacial score (nSPS) is 37.5. The molecule has 0 unspecified atom stereocenters. The summed E-state index contributed by atoms with van der Waals surface area (Å²) in [5.74, 6) is -0.830. The summed E-state index contributed by atoms with van der Waals surface area (Å²) >= 11 is 0. The number of Topliss-reactive ketones (excluding diaryl/α,β-unsaturated/α-hetero) is 1. The maximum absolute atomic E-state index is 14.7. The Labute approximate surface area is 284 Å². The van der Waals surface area contributed by atoms with Crippen LogP contribution in [0.15, 0.2) is 29.6 Å². The maximum Gasteiger partial charge on any atom is 0.312 e. The van der Waals surface area contributed by atoms with Crippen LogP contribution in [-0.4, -0.2) is 33.7 Å². The van der Waals surface area contributed by atoms with E-state index in [1.165, 1.54) is 6.33 Å². The number of aryl methyl sites for hydroxylation is 1. The molecule has 0 amide bonds. The second-order valence-electron chi connectivity index (χ2n) is 17.3. The molecule has 9 heteroatoms.